The van der Waals surface area contributed by atoms with Crippen LogP contribution in [0.4, 0.5) is 13.2 Å². The Morgan fingerprint density at radius 1 is 1.05 bits per heavy atom. The maximum Gasteiger partial charge on any atom is 0.469 e. The number of imidazole rings is 1. The van der Waals surface area contributed by atoms with Crippen LogP contribution in [-0.4, -0.2) is 53.7 Å². The lowest BCUT2D eigenvalue weighted by atomic mass is 10.2. The number of hydrogen-bond acceptors (Lipinski definition) is 8. The summed E-state index contributed by atoms with van der Waals surface area (Å²) in [5, 5.41) is 13.4. The van der Waals surface area contributed by atoms with Gasteiger partial charge in [-0.15, -0.1) is 0 Å². The molecule has 0 fully saturated rings. The third kappa shape index (κ3) is 6.54. The summed E-state index contributed by atoms with van der Waals surface area (Å²) in [5.74, 6) is -0.128. The highest BCUT2D eigenvalue weighted by atomic mass is 35.5. The minimum Gasteiger partial charge on any atom is -0.489 e. The fourth-order valence-electron chi connectivity index (χ4n) is 2.98. The number of rotatable bonds is 8. The third-order valence-corrected chi connectivity index (χ3v) is 5.98. The second-order valence-corrected chi connectivity index (χ2v) is 9.83. The van der Waals surface area contributed by atoms with Gasteiger partial charge in [-0.1, -0.05) is 40.0 Å². The molecule has 3 heterocycles. The average molecular weight is 604 g/mol. The van der Waals surface area contributed by atoms with Crippen LogP contribution in [0.2, 0.25) is 15.1 Å². The van der Waals surface area contributed by atoms with Gasteiger partial charge in [0.15, 0.2) is 5.65 Å². The summed E-state index contributed by atoms with van der Waals surface area (Å²) in [6, 6.07) is 3.37. The molecule has 0 aliphatic rings. The van der Waals surface area contributed by atoms with E-state index >= 15 is 0 Å². The predicted molar refractivity (Wildman–Crippen MR) is 123 cm³/mol. The molecule has 0 aliphatic heterocycles. The van der Waals surface area contributed by atoms with Crippen molar-refractivity contribution >= 4 is 48.3 Å². The first-order valence-electron chi connectivity index (χ1n) is 9.81. The van der Waals surface area contributed by atoms with Crippen molar-refractivity contribution in [2.24, 2.45) is 0 Å². The zero-order valence-electron chi connectivity index (χ0n) is 17.9. The lowest BCUT2D eigenvalue weighted by Crippen LogP contribution is -2.23. The normalized spacial score (nSPS) is 13.3. The van der Waals surface area contributed by atoms with Crippen molar-refractivity contribution in [2.75, 3.05) is 13.2 Å². The van der Waals surface area contributed by atoms with Gasteiger partial charge >= 0.3 is 14.0 Å². The number of nitrogens with zero attached hydrogens (tertiary/aromatic N) is 4. The number of phosphoric ester groups is 1. The Kier molecular flexibility index (Phi) is 7.75. The summed E-state index contributed by atoms with van der Waals surface area (Å²) in [5.41, 5.74) is -0.666. The Labute approximate surface area is 219 Å². The second-order valence-electron chi connectivity index (χ2n) is 7.37. The number of halogens is 6. The van der Waals surface area contributed by atoms with Gasteiger partial charge in [0.1, 0.15) is 24.2 Å². The molecule has 37 heavy (non-hydrogen) atoms. The Balaban J connectivity index is 1.54. The van der Waals surface area contributed by atoms with Gasteiger partial charge in [0.2, 0.25) is 5.82 Å². The third-order valence-electron chi connectivity index (χ3n) is 4.61. The van der Waals surface area contributed by atoms with Gasteiger partial charge < -0.3 is 28.6 Å². The minimum absolute atomic E-state index is 0.0213. The highest BCUT2D eigenvalue weighted by Gasteiger charge is 2.32. The Morgan fingerprint density at radius 3 is 2.46 bits per heavy atom. The van der Waals surface area contributed by atoms with Crippen molar-refractivity contribution < 1.29 is 46.4 Å². The van der Waals surface area contributed by atoms with Crippen molar-refractivity contribution in [3.05, 3.63) is 51.2 Å². The number of aliphatic hydroxyl groups excluding tert-OH is 1. The van der Waals surface area contributed by atoms with Crippen LogP contribution in [-0.2, 0) is 15.3 Å². The number of hydrogen-bond donors (Lipinski definition) is 3. The van der Waals surface area contributed by atoms with Gasteiger partial charge in [-0.25, -0.2) is 9.55 Å². The first kappa shape index (κ1) is 27.6. The number of ether oxygens (including phenoxy) is 1. The molecule has 0 radical (unpaired) electrons. The van der Waals surface area contributed by atoms with E-state index < -0.39 is 38.9 Å². The van der Waals surface area contributed by atoms with E-state index in [1.807, 2.05) is 0 Å². The van der Waals surface area contributed by atoms with Gasteiger partial charge in [0.25, 0.3) is 5.89 Å². The van der Waals surface area contributed by atoms with Gasteiger partial charge in [-0.2, -0.15) is 18.2 Å². The van der Waals surface area contributed by atoms with E-state index in [4.69, 9.17) is 53.8 Å². The van der Waals surface area contributed by atoms with Crippen molar-refractivity contribution in [1.82, 2.24) is 19.5 Å². The molecule has 0 aliphatic carbocycles. The maximum atomic E-state index is 13.1. The molecule has 0 saturated carbocycles. The molecule has 1 aromatic carbocycles. The molecule has 3 N–H and O–H groups in total. The zero-order valence-corrected chi connectivity index (χ0v) is 21.0. The molecule has 18 heteroatoms. The monoisotopic (exact) mass is 602 g/mol. The zero-order chi connectivity index (χ0) is 27.1. The largest absolute Gasteiger partial charge is 0.489 e. The first-order valence-corrected chi connectivity index (χ1v) is 12.5. The molecule has 0 amide bonds. The van der Waals surface area contributed by atoms with Crippen molar-refractivity contribution in [2.45, 2.75) is 12.3 Å². The molecule has 11 nitrogen and oxygen atoms in total. The number of aliphatic hydroxyl groups is 1. The van der Waals surface area contributed by atoms with Crippen LogP contribution in [0.25, 0.3) is 28.6 Å². The predicted octanol–water partition coefficient (Wildman–Crippen LogP) is 4.88. The Bertz CT molecular complexity index is 1510. The van der Waals surface area contributed by atoms with E-state index in [0.29, 0.717) is 0 Å². The fourth-order valence-corrected chi connectivity index (χ4v) is 4.06. The summed E-state index contributed by atoms with van der Waals surface area (Å²) < 4.78 is 65.7. The highest BCUT2D eigenvalue weighted by molar-refractivity contribution is 7.46. The van der Waals surface area contributed by atoms with Crippen LogP contribution in [0, 0.1) is 0 Å². The number of aromatic nitrogens is 4. The Hall–Kier alpha value is -2.42. The Morgan fingerprint density at radius 2 is 1.78 bits per heavy atom. The number of pyridine rings is 1. The number of phosphoric acid groups is 1. The van der Waals surface area contributed by atoms with Gasteiger partial charge in [0, 0.05) is 24.0 Å². The number of fused-ring (bicyclic) bond motifs is 1. The smallest absolute Gasteiger partial charge is 0.469 e. The number of alkyl halides is 3. The topological polar surface area (TPSA) is 152 Å². The molecule has 1 unspecified atom stereocenters. The molecule has 198 valence electrons. The molecule has 0 spiro atoms. The standard InChI is InChI=1S/C19H13Cl3F3N4O7P/c20-11-3-15(34-6-9(30)7-35-37(31,32)33)12(21)2-10(11)16-27-18(36-28-16)14-5-29-4-8(19(23,24)25)1-13(22)17(29)26-14/h1-5,9,30H,6-7H2,(H2,31,32,33). The molecule has 1 atom stereocenters. The van der Waals surface area contributed by atoms with E-state index in [9.17, 15) is 22.8 Å². The van der Waals surface area contributed by atoms with Crippen molar-refractivity contribution in [1.29, 1.82) is 0 Å². The summed E-state index contributed by atoms with van der Waals surface area (Å²) >= 11 is 18.4. The van der Waals surface area contributed by atoms with E-state index in [0.717, 1.165) is 16.7 Å². The molecule has 4 aromatic rings. The maximum absolute atomic E-state index is 13.1. The van der Waals surface area contributed by atoms with Crippen LogP contribution in [0.3, 0.4) is 0 Å². The lowest BCUT2D eigenvalue weighted by molar-refractivity contribution is -0.137. The fraction of sp³-hybridized carbons (Fsp3) is 0.211. The second kappa shape index (κ2) is 10.4. The van der Waals surface area contributed by atoms with E-state index in [2.05, 4.69) is 19.6 Å². The molecular weight excluding hydrogens is 591 g/mol. The molecule has 0 saturated heterocycles. The van der Waals surface area contributed by atoms with E-state index in [1.165, 1.54) is 18.3 Å². The summed E-state index contributed by atoms with van der Waals surface area (Å²) in [7, 11) is -4.76. The quantitative estimate of drug-likeness (QED) is 0.238. The minimum atomic E-state index is -4.76. The number of benzene rings is 1. The lowest BCUT2D eigenvalue weighted by Gasteiger charge is -2.14. The van der Waals surface area contributed by atoms with Gasteiger partial charge in [0.05, 0.1) is 27.2 Å². The SMILES string of the molecule is O=P(O)(O)OCC(O)COc1cc(Cl)c(-c2noc(-c3cn4cc(C(F)(F)F)cc(Cl)c4n3)n2)cc1Cl. The van der Waals surface area contributed by atoms with Crippen LogP contribution >= 0.6 is 42.6 Å². The molecule has 4 rings (SSSR count). The summed E-state index contributed by atoms with van der Waals surface area (Å²) in [4.78, 5) is 25.6. The van der Waals surface area contributed by atoms with Gasteiger partial charge in [-0.3, -0.25) is 4.52 Å². The van der Waals surface area contributed by atoms with Gasteiger partial charge in [-0.05, 0) is 12.1 Å². The van der Waals surface area contributed by atoms with Crippen LogP contribution in [0.1, 0.15) is 5.56 Å². The molecule has 0 bridgehead atoms. The van der Waals surface area contributed by atoms with E-state index in [1.54, 1.807) is 0 Å². The van der Waals surface area contributed by atoms with Crippen LogP contribution in [0.5, 0.6) is 5.75 Å². The first-order chi connectivity index (χ1) is 17.2. The van der Waals surface area contributed by atoms with E-state index in [-0.39, 0.29) is 49.4 Å². The van der Waals surface area contributed by atoms with Crippen molar-refractivity contribution in [3.8, 4) is 28.7 Å². The molecule has 3 aromatic heterocycles. The van der Waals surface area contributed by atoms with Crippen LogP contribution in [0.15, 0.2) is 35.1 Å². The summed E-state index contributed by atoms with van der Waals surface area (Å²) in [6.07, 6.45) is -3.94. The average Bonchev–Trinajstić information content (AvgIpc) is 3.44. The van der Waals surface area contributed by atoms with Crippen LogP contribution < -0.4 is 4.74 Å². The highest BCUT2D eigenvalue weighted by Crippen LogP contribution is 2.38. The summed E-state index contributed by atoms with van der Waals surface area (Å²) in [6.45, 7) is -1.11. The molecular formula is C19H13Cl3F3N4O7P. The van der Waals surface area contributed by atoms with Crippen molar-refractivity contribution in [3.63, 3.8) is 0 Å².